The Balaban J connectivity index is 2.45. The average molecular weight is 269 g/mol. The summed E-state index contributed by atoms with van der Waals surface area (Å²) in [5, 5.41) is 1.46. The number of rotatable bonds is 1. The molecule has 0 amide bonds. The van der Waals surface area contributed by atoms with Gasteiger partial charge in [-0.3, -0.25) is 0 Å². The van der Waals surface area contributed by atoms with E-state index in [-0.39, 0.29) is 11.0 Å². The van der Waals surface area contributed by atoms with Crippen LogP contribution < -0.4 is 0 Å². The van der Waals surface area contributed by atoms with Crippen LogP contribution in [-0.2, 0) is 11.0 Å². The molecule has 1 heterocycles. The highest BCUT2D eigenvalue weighted by Gasteiger charge is 2.37. The summed E-state index contributed by atoms with van der Waals surface area (Å²) >= 11 is 0. The molecule has 1 aliphatic rings. The highest BCUT2D eigenvalue weighted by atomic mass is 15.1. The maximum Gasteiger partial charge on any atom is 0.0490 e. The lowest BCUT2D eigenvalue weighted by Crippen LogP contribution is -2.25. The van der Waals surface area contributed by atoms with Crippen LogP contribution >= 0.6 is 0 Å². The maximum absolute atomic E-state index is 2.61. The molecule has 20 heavy (non-hydrogen) atoms. The monoisotopic (exact) mass is 269 g/mol. The van der Waals surface area contributed by atoms with Crippen LogP contribution in [0, 0.1) is 0 Å². The molecule has 1 nitrogen and oxygen atoms in total. The van der Waals surface area contributed by atoms with Gasteiger partial charge in [0.05, 0.1) is 0 Å². The first-order valence-electron chi connectivity index (χ1n) is 7.85. The third kappa shape index (κ3) is 2.08. The number of nitrogens with zero attached hydrogens (tertiary/aromatic N) is 1. The molecule has 0 atom stereocenters. The highest BCUT2D eigenvalue weighted by Crippen LogP contribution is 2.49. The molecule has 0 N–H and O–H groups in total. The molecular formula is C19H27N. The molecular weight excluding hydrogens is 242 g/mol. The lowest BCUT2D eigenvalue weighted by atomic mass is 9.83. The molecule has 0 saturated heterocycles. The largest absolute Gasteiger partial charge is 0.339 e. The molecule has 0 spiro atoms. The minimum atomic E-state index is 0.140. The second-order valence-electron chi connectivity index (χ2n) is 8.31. The normalized spacial score (nSPS) is 16.9. The van der Waals surface area contributed by atoms with Gasteiger partial charge in [0, 0.05) is 22.1 Å². The van der Waals surface area contributed by atoms with Crippen molar-refractivity contribution in [2.24, 2.45) is 0 Å². The first-order chi connectivity index (χ1) is 9.21. The van der Waals surface area contributed by atoms with E-state index in [0.29, 0.717) is 0 Å². The SMILES string of the molecule is CC(C)(C)c1c(C2CC2)n(C(C)(C)C)c2ccccc12. The molecule has 1 saturated carbocycles. The lowest BCUT2D eigenvalue weighted by molar-refractivity contribution is 0.394. The van der Waals surface area contributed by atoms with E-state index in [9.17, 15) is 0 Å². The summed E-state index contributed by atoms with van der Waals surface area (Å²) in [7, 11) is 0. The number of aromatic nitrogens is 1. The van der Waals surface area contributed by atoms with Crippen molar-refractivity contribution in [2.45, 2.75) is 71.3 Å². The van der Waals surface area contributed by atoms with Crippen LogP contribution in [0.15, 0.2) is 24.3 Å². The average Bonchev–Trinajstić information content (AvgIpc) is 3.06. The quantitative estimate of drug-likeness (QED) is 0.637. The predicted octanol–water partition coefficient (Wildman–Crippen LogP) is 5.57. The molecule has 2 aromatic rings. The van der Waals surface area contributed by atoms with Crippen molar-refractivity contribution in [2.75, 3.05) is 0 Å². The standard InChI is InChI=1S/C19H27N/c1-18(2,3)16-14-9-7-8-10-15(14)20(19(4,5)6)17(16)13-11-12-13/h7-10,13H,11-12H2,1-6H3. The van der Waals surface area contributed by atoms with Gasteiger partial charge >= 0.3 is 0 Å². The van der Waals surface area contributed by atoms with E-state index in [2.05, 4.69) is 70.4 Å². The van der Waals surface area contributed by atoms with Crippen LogP contribution in [0.2, 0.25) is 0 Å². The van der Waals surface area contributed by atoms with E-state index in [4.69, 9.17) is 0 Å². The summed E-state index contributed by atoms with van der Waals surface area (Å²) in [4.78, 5) is 0. The Labute approximate surface area is 123 Å². The second-order valence-corrected chi connectivity index (χ2v) is 8.31. The Bertz CT molecular complexity index is 592. The van der Waals surface area contributed by atoms with E-state index in [1.165, 1.54) is 23.7 Å². The molecule has 0 radical (unpaired) electrons. The van der Waals surface area contributed by atoms with Gasteiger partial charge in [0.15, 0.2) is 0 Å². The molecule has 1 aromatic heterocycles. The third-order valence-electron chi connectivity index (χ3n) is 4.30. The van der Waals surface area contributed by atoms with Crippen LogP contribution in [0.25, 0.3) is 10.9 Å². The van der Waals surface area contributed by atoms with Gasteiger partial charge in [-0.1, -0.05) is 39.0 Å². The summed E-state index contributed by atoms with van der Waals surface area (Å²) < 4.78 is 2.61. The minimum absolute atomic E-state index is 0.140. The van der Waals surface area contributed by atoms with E-state index in [1.807, 2.05) is 0 Å². The lowest BCUT2D eigenvalue weighted by Gasteiger charge is -2.28. The van der Waals surface area contributed by atoms with Gasteiger partial charge in [-0.15, -0.1) is 0 Å². The van der Waals surface area contributed by atoms with Gasteiger partial charge in [-0.05, 0) is 56.6 Å². The van der Waals surface area contributed by atoms with Crippen molar-refractivity contribution in [1.29, 1.82) is 0 Å². The van der Waals surface area contributed by atoms with Crippen LogP contribution in [0.5, 0.6) is 0 Å². The Morgan fingerprint density at radius 3 is 2.05 bits per heavy atom. The summed E-state index contributed by atoms with van der Waals surface area (Å²) in [5.41, 5.74) is 4.93. The summed E-state index contributed by atoms with van der Waals surface area (Å²) in [6.07, 6.45) is 2.71. The Morgan fingerprint density at radius 2 is 1.55 bits per heavy atom. The van der Waals surface area contributed by atoms with Crippen LogP contribution in [0.1, 0.15) is 71.6 Å². The van der Waals surface area contributed by atoms with Crippen molar-refractivity contribution in [3.05, 3.63) is 35.5 Å². The smallest absolute Gasteiger partial charge is 0.0490 e. The molecule has 0 unspecified atom stereocenters. The van der Waals surface area contributed by atoms with E-state index < -0.39 is 0 Å². The topological polar surface area (TPSA) is 4.93 Å². The molecule has 1 aromatic carbocycles. The zero-order chi connectivity index (χ0) is 14.7. The van der Waals surface area contributed by atoms with Crippen molar-refractivity contribution in [3.8, 4) is 0 Å². The van der Waals surface area contributed by atoms with Gasteiger partial charge in [-0.2, -0.15) is 0 Å². The number of hydrogen-bond acceptors (Lipinski definition) is 0. The zero-order valence-corrected chi connectivity index (χ0v) is 13.7. The van der Waals surface area contributed by atoms with Crippen molar-refractivity contribution < 1.29 is 0 Å². The number of fused-ring (bicyclic) bond motifs is 1. The zero-order valence-electron chi connectivity index (χ0n) is 13.7. The minimum Gasteiger partial charge on any atom is -0.339 e. The maximum atomic E-state index is 2.61. The fourth-order valence-corrected chi connectivity index (χ4v) is 3.51. The molecule has 3 rings (SSSR count). The second kappa shape index (κ2) is 4.13. The molecule has 0 aliphatic heterocycles. The predicted molar refractivity (Wildman–Crippen MR) is 87.6 cm³/mol. The van der Waals surface area contributed by atoms with Gasteiger partial charge in [-0.25, -0.2) is 0 Å². The fourth-order valence-electron chi connectivity index (χ4n) is 3.51. The number of benzene rings is 1. The molecule has 1 heteroatoms. The molecule has 1 fully saturated rings. The van der Waals surface area contributed by atoms with Crippen molar-refractivity contribution in [1.82, 2.24) is 4.57 Å². The van der Waals surface area contributed by atoms with E-state index >= 15 is 0 Å². The Morgan fingerprint density at radius 1 is 0.950 bits per heavy atom. The van der Waals surface area contributed by atoms with E-state index in [1.54, 1.807) is 11.3 Å². The van der Waals surface area contributed by atoms with Crippen LogP contribution in [0.3, 0.4) is 0 Å². The van der Waals surface area contributed by atoms with Gasteiger partial charge < -0.3 is 4.57 Å². The Kier molecular flexibility index (Phi) is 2.83. The first-order valence-corrected chi connectivity index (χ1v) is 7.85. The van der Waals surface area contributed by atoms with Gasteiger partial charge in [0.25, 0.3) is 0 Å². The van der Waals surface area contributed by atoms with Crippen LogP contribution in [-0.4, -0.2) is 4.57 Å². The Hall–Kier alpha value is -1.24. The summed E-state index contributed by atoms with van der Waals surface area (Å²) in [6.45, 7) is 14.1. The highest BCUT2D eigenvalue weighted by molar-refractivity contribution is 5.87. The number of para-hydroxylation sites is 1. The fraction of sp³-hybridized carbons (Fsp3) is 0.579. The molecule has 0 bridgehead atoms. The van der Waals surface area contributed by atoms with Crippen LogP contribution in [0.4, 0.5) is 0 Å². The van der Waals surface area contributed by atoms with E-state index in [0.717, 1.165) is 5.92 Å². The summed E-state index contributed by atoms with van der Waals surface area (Å²) in [6, 6.07) is 8.96. The number of hydrogen-bond donors (Lipinski definition) is 0. The van der Waals surface area contributed by atoms with Gasteiger partial charge in [0.2, 0.25) is 0 Å². The van der Waals surface area contributed by atoms with Crippen molar-refractivity contribution >= 4 is 10.9 Å². The first kappa shape index (κ1) is 13.7. The van der Waals surface area contributed by atoms with Crippen molar-refractivity contribution in [3.63, 3.8) is 0 Å². The molecule has 108 valence electrons. The summed E-state index contributed by atoms with van der Waals surface area (Å²) in [5.74, 6) is 0.774. The molecule has 1 aliphatic carbocycles. The van der Waals surface area contributed by atoms with Gasteiger partial charge in [0.1, 0.15) is 0 Å². The third-order valence-corrected chi connectivity index (χ3v) is 4.30.